The van der Waals surface area contributed by atoms with Gasteiger partial charge in [0.05, 0.1) is 24.2 Å². The van der Waals surface area contributed by atoms with Crippen molar-refractivity contribution in [3.8, 4) is 11.3 Å². The number of methoxy groups -OCH3 is 1. The van der Waals surface area contributed by atoms with Gasteiger partial charge in [0.25, 0.3) is 0 Å². The second-order valence-corrected chi connectivity index (χ2v) is 7.30. The van der Waals surface area contributed by atoms with Gasteiger partial charge in [-0.05, 0) is 73.1 Å². The molecule has 0 aliphatic heterocycles. The number of hydrogen-bond acceptors (Lipinski definition) is 2. The maximum absolute atomic E-state index is 14.4. The molecule has 1 aromatic heterocycles. The molecule has 1 aliphatic rings. The Labute approximate surface area is 160 Å². The minimum Gasteiger partial charge on any atom is -0.469 e. The maximum Gasteiger partial charge on any atom is 0.308 e. The quantitative estimate of drug-likeness (QED) is 0.586. The molecule has 6 heteroatoms. The fourth-order valence-corrected chi connectivity index (χ4v) is 4.29. The largest absolute Gasteiger partial charge is 0.469 e. The molecule has 0 radical (unpaired) electrons. The number of carbonyl (C=O) groups excluding carboxylic acids is 1. The summed E-state index contributed by atoms with van der Waals surface area (Å²) in [4.78, 5) is 14.9. The third-order valence-electron chi connectivity index (χ3n) is 5.67. The summed E-state index contributed by atoms with van der Waals surface area (Å²) in [6, 6.07) is 8.12. The summed E-state index contributed by atoms with van der Waals surface area (Å²) in [6.45, 7) is 0. The molecule has 1 N–H and O–H groups in total. The van der Waals surface area contributed by atoms with Crippen LogP contribution in [0.4, 0.5) is 13.2 Å². The predicted octanol–water partition coefficient (Wildman–Crippen LogP) is 5.70. The summed E-state index contributed by atoms with van der Waals surface area (Å²) < 4.78 is 46.6. The van der Waals surface area contributed by atoms with Crippen LogP contribution in [0.2, 0.25) is 0 Å². The highest BCUT2D eigenvalue weighted by atomic mass is 19.1. The normalized spacial score (nSPS) is 19.7. The van der Waals surface area contributed by atoms with Gasteiger partial charge in [0.15, 0.2) is 0 Å². The summed E-state index contributed by atoms with van der Waals surface area (Å²) in [5, 5.41) is 0.498. The Bertz CT molecular complexity index is 1020. The zero-order valence-corrected chi connectivity index (χ0v) is 15.4. The van der Waals surface area contributed by atoms with Gasteiger partial charge in [-0.3, -0.25) is 4.79 Å². The summed E-state index contributed by atoms with van der Waals surface area (Å²) in [7, 11) is 1.38. The van der Waals surface area contributed by atoms with Crippen molar-refractivity contribution in [2.45, 2.75) is 31.6 Å². The van der Waals surface area contributed by atoms with Gasteiger partial charge < -0.3 is 9.72 Å². The minimum atomic E-state index is -0.659. The van der Waals surface area contributed by atoms with E-state index in [-0.39, 0.29) is 29.1 Å². The van der Waals surface area contributed by atoms with Crippen LogP contribution < -0.4 is 0 Å². The van der Waals surface area contributed by atoms with Crippen molar-refractivity contribution in [3.63, 3.8) is 0 Å². The highest BCUT2D eigenvalue weighted by Crippen LogP contribution is 2.44. The lowest BCUT2D eigenvalue weighted by Gasteiger charge is -2.27. The van der Waals surface area contributed by atoms with E-state index in [9.17, 15) is 18.0 Å². The number of fused-ring (bicyclic) bond motifs is 1. The first-order valence-corrected chi connectivity index (χ1v) is 9.32. The predicted molar refractivity (Wildman–Crippen MR) is 100 cm³/mol. The van der Waals surface area contributed by atoms with E-state index >= 15 is 0 Å². The molecule has 1 heterocycles. The molecule has 1 fully saturated rings. The highest BCUT2D eigenvalue weighted by Gasteiger charge is 2.31. The van der Waals surface area contributed by atoms with Gasteiger partial charge >= 0.3 is 5.97 Å². The number of halogens is 3. The van der Waals surface area contributed by atoms with Gasteiger partial charge in [-0.2, -0.15) is 0 Å². The fraction of sp³-hybridized carbons (Fsp3) is 0.318. The van der Waals surface area contributed by atoms with Crippen molar-refractivity contribution < 1.29 is 22.7 Å². The number of esters is 1. The number of H-pyrrole nitrogens is 1. The zero-order valence-electron chi connectivity index (χ0n) is 15.4. The smallest absolute Gasteiger partial charge is 0.308 e. The van der Waals surface area contributed by atoms with E-state index in [0.29, 0.717) is 42.3 Å². The number of nitrogens with one attached hydrogen (secondary N) is 1. The van der Waals surface area contributed by atoms with Gasteiger partial charge in [-0.15, -0.1) is 0 Å². The zero-order chi connectivity index (χ0) is 19.8. The third-order valence-corrected chi connectivity index (χ3v) is 5.67. The first-order chi connectivity index (χ1) is 13.5. The monoisotopic (exact) mass is 387 g/mol. The number of rotatable bonds is 3. The van der Waals surface area contributed by atoms with Crippen LogP contribution in [-0.4, -0.2) is 18.1 Å². The van der Waals surface area contributed by atoms with Crippen LogP contribution in [0, 0.1) is 23.4 Å². The average Bonchev–Trinajstić information content (AvgIpc) is 3.07. The molecular weight excluding hydrogens is 367 g/mol. The maximum atomic E-state index is 14.4. The average molecular weight is 387 g/mol. The number of hydrogen-bond donors (Lipinski definition) is 1. The van der Waals surface area contributed by atoms with Gasteiger partial charge in [-0.25, -0.2) is 13.2 Å². The van der Waals surface area contributed by atoms with E-state index in [0.717, 1.165) is 11.6 Å². The highest BCUT2D eigenvalue weighted by molar-refractivity contribution is 5.92. The summed E-state index contributed by atoms with van der Waals surface area (Å²) in [5.74, 6) is -1.98. The first kappa shape index (κ1) is 18.6. The van der Waals surface area contributed by atoms with Crippen LogP contribution in [0.25, 0.3) is 22.2 Å². The third kappa shape index (κ3) is 3.28. The van der Waals surface area contributed by atoms with Crippen molar-refractivity contribution in [3.05, 3.63) is 59.4 Å². The molecule has 0 saturated heterocycles. The lowest BCUT2D eigenvalue weighted by atomic mass is 9.77. The van der Waals surface area contributed by atoms with Gasteiger partial charge in [0, 0.05) is 11.5 Å². The molecule has 0 amide bonds. The summed E-state index contributed by atoms with van der Waals surface area (Å²) in [6.07, 6.45) is 2.73. The Kier molecular flexibility index (Phi) is 4.87. The van der Waals surface area contributed by atoms with Crippen molar-refractivity contribution in [1.29, 1.82) is 0 Å². The van der Waals surface area contributed by atoms with Gasteiger partial charge in [0.1, 0.15) is 17.5 Å². The topological polar surface area (TPSA) is 42.1 Å². The molecule has 28 heavy (non-hydrogen) atoms. The van der Waals surface area contributed by atoms with Gasteiger partial charge in [0.2, 0.25) is 0 Å². The molecule has 0 spiro atoms. The molecule has 3 nitrogen and oxygen atoms in total. The molecule has 0 unspecified atom stereocenters. The van der Waals surface area contributed by atoms with E-state index in [1.54, 1.807) is 12.1 Å². The lowest BCUT2D eigenvalue weighted by Crippen LogP contribution is -2.22. The number of benzene rings is 2. The van der Waals surface area contributed by atoms with Gasteiger partial charge in [-0.1, -0.05) is 0 Å². The molecule has 1 aliphatic carbocycles. The van der Waals surface area contributed by atoms with Crippen LogP contribution in [0.1, 0.15) is 37.2 Å². The second-order valence-electron chi connectivity index (χ2n) is 7.30. The Hall–Kier alpha value is -2.76. The molecule has 4 rings (SSSR count). The Morgan fingerprint density at radius 1 is 1.00 bits per heavy atom. The molecular formula is C22H20F3NO2. The molecule has 0 atom stereocenters. The first-order valence-electron chi connectivity index (χ1n) is 9.32. The number of carbonyl (C=O) groups is 1. The van der Waals surface area contributed by atoms with Crippen LogP contribution in [-0.2, 0) is 9.53 Å². The minimum absolute atomic E-state index is 0.0379. The number of aromatic nitrogens is 1. The number of aromatic amines is 1. The molecule has 0 bridgehead atoms. The van der Waals surface area contributed by atoms with Crippen molar-refractivity contribution >= 4 is 16.9 Å². The van der Waals surface area contributed by atoms with E-state index in [4.69, 9.17) is 4.74 Å². The van der Waals surface area contributed by atoms with E-state index < -0.39 is 11.6 Å². The number of ether oxygens (including phenoxy) is 1. The van der Waals surface area contributed by atoms with E-state index in [2.05, 4.69) is 4.98 Å². The van der Waals surface area contributed by atoms with Crippen molar-refractivity contribution in [2.24, 2.45) is 5.92 Å². The summed E-state index contributed by atoms with van der Waals surface area (Å²) >= 11 is 0. The summed E-state index contributed by atoms with van der Waals surface area (Å²) in [5.41, 5.74) is 2.44. The molecule has 2 aromatic carbocycles. The fourth-order valence-electron chi connectivity index (χ4n) is 4.29. The van der Waals surface area contributed by atoms with E-state index in [1.165, 1.54) is 25.3 Å². The molecule has 146 valence electrons. The standard InChI is InChI=1S/C22H20F3NO2/c1-28-22(27)14-4-2-12(3-5-14)19-17-10-16(24)11-18(25)21(17)26-20(19)13-6-8-15(23)9-7-13/h6-12,14,26H,2-5H2,1H3. The van der Waals surface area contributed by atoms with Crippen LogP contribution in [0.15, 0.2) is 36.4 Å². The van der Waals surface area contributed by atoms with Crippen LogP contribution in [0.5, 0.6) is 0 Å². The lowest BCUT2D eigenvalue weighted by molar-refractivity contribution is -0.146. The second kappa shape index (κ2) is 7.34. The SMILES string of the molecule is COC(=O)C1CCC(c2c(-c3ccc(F)cc3)[nH]c3c(F)cc(F)cc23)CC1. The Morgan fingerprint density at radius 2 is 1.68 bits per heavy atom. The Morgan fingerprint density at radius 3 is 2.32 bits per heavy atom. The van der Waals surface area contributed by atoms with E-state index in [1.807, 2.05) is 0 Å². The Balaban J connectivity index is 1.80. The van der Waals surface area contributed by atoms with Crippen molar-refractivity contribution in [2.75, 3.05) is 7.11 Å². The van der Waals surface area contributed by atoms with Crippen molar-refractivity contribution in [1.82, 2.24) is 4.98 Å². The molecule has 3 aromatic rings. The van der Waals surface area contributed by atoms with Crippen LogP contribution >= 0.6 is 0 Å². The van der Waals surface area contributed by atoms with Crippen LogP contribution in [0.3, 0.4) is 0 Å². The molecule has 1 saturated carbocycles.